The minimum atomic E-state index is 0.408. The molecular weight excluding hydrogens is 276 g/mol. The summed E-state index contributed by atoms with van der Waals surface area (Å²) < 4.78 is 0. The Hall–Kier alpha value is -2.34. The molecule has 0 spiro atoms. The van der Waals surface area contributed by atoms with Crippen molar-refractivity contribution >= 4 is 28.5 Å². The molecule has 100 valence electrons. The standard InChI is InChI=1S/C13H11ClN6/c1-8-2-3-9(20-19-8)6-15-13-12-10(16-7-17-13)4-5-11(14)18-12/h2-5,7H,6H2,1H3,(H,15,16,17). The van der Waals surface area contributed by atoms with Crippen LogP contribution in [0.2, 0.25) is 5.15 Å². The van der Waals surface area contributed by atoms with Gasteiger partial charge < -0.3 is 5.32 Å². The summed E-state index contributed by atoms with van der Waals surface area (Å²) in [5.41, 5.74) is 3.08. The van der Waals surface area contributed by atoms with Crippen molar-refractivity contribution < 1.29 is 0 Å². The highest BCUT2D eigenvalue weighted by Gasteiger charge is 2.06. The lowest BCUT2D eigenvalue weighted by atomic mass is 10.3. The molecule has 0 unspecified atom stereocenters. The van der Waals surface area contributed by atoms with Crippen molar-refractivity contribution in [3.63, 3.8) is 0 Å². The van der Waals surface area contributed by atoms with Crippen LogP contribution in [0, 0.1) is 6.92 Å². The minimum Gasteiger partial charge on any atom is -0.362 e. The summed E-state index contributed by atoms with van der Waals surface area (Å²) >= 11 is 5.91. The van der Waals surface area contributed by atoms with Gasteiger partial charge in [-0.2, -0.15) is 10.2 Å². The second-order valence-electron chi connectivity index (χ2n) is 4.24. The van der Waals surface area contributed by atoms with E-state index in [0.717, 1.165) is 16.9 Å². The Kier molecular flexibility index (Phi) is 3.39. The fourth-order valence-corrected chi connectivity index (χ4v) is 1.89. The van der Waals surface area contributed by atoms with Crippen molar-refractivity contribution in [2.45, 2.75) is 13.5 Å². The zero-order chi connectivity index (χ0) is 13.9. The van der Waals surface area contributed by atoms with Crippen LogP contribution in [0.1, 0.15) is 11.4 Å². The first-order valence-corrected chi connectivity index (χ1v) is 6.40. The lowest BCUT2D eigenvalue weighted by Crippen LogP contribution is -2.06. The van der Waals surface area contributed by atoms with E-state index in [9.17, 15) is 0 Å². The Morgan fingerprint density at radius 3 is 2.80 bits per heavy atom. The van der Waals surface area contributed by atoms with Gasteiger partial charge in [0.25, 0.3) is 0 Å². The average Bonchev–Trinajstić information content (AvgIpc) is 2.47. The summed E-state index contributed by atoms with van der Waals surface area (Å²) in [5.74, 6) is 0.625. The summed E-state index contributed by atoms with van der Waals surface area (Å²) in [6.07, 6.45) is 1.49. The molecule has 0 saturated carbocycles. The van der Waals surface area contributed by atoms with Gasteiger partial charge in [0.05, 0.1) is 23.4 Å². The molecule has 0 atom stereocenters. The molecule has 0 saturated heterocycles. The van der Waals surface area contributed by atoms with Crippen LogP contribution >= 0.6 is 11.6 Å². The maximum absolute atomic E-state index is 5.91. The smallest absolute Gasteiger partial charge is 0.156 e. The van der Waals surface area contributed by atoms with E-state index in [1.54, 1.807) is 6.07 Å². The molecule has 0 bridgehead atoms. The first kappa shape index (κ1) is 12.7. The summed E-state index contributed by atoms with van der Waals surface area (Å²) in [7, 11) is 0. The molecule has 7 heteroatoms. The Bertz CT molecular complexity index is 743. The third-order valence-electron chi connectivity index (χ3n) is 2.74. The van der Waals surface area contributed by atoms with Crippen LogP contribution in [0.15, 0.2) is 30.6 Å². The first-order valence-electron chi connectivity index (χ1n) is 6.03. The lowest BCUT2D eigenvalue weighted by molar-refractivity contribution is 0.895. The van der Waals surface area contributed by atoms with Gasteiger partial charge in [-0.15, -0.1) is 0 Å². The Balaban J connectivity index is 1.87. The molecule has 0 radical (unpaired) electrons. The molecule has 0 amide bonds. The molecule has 0 aliphatic rings. The number of aromatic nitrogens is 5. The zero-order valence-corrected chi connectivity index (χ0v) is 11.5. The van der Waals surface area contributed by atoms with Gasteiger partial charge in [-0.25, -0.2) is 15.0 Å². The topological polar surface area (TPSA) is 76.5 Å². The number of nitrogens with one attached hydrogen (secondary N) is 1. The van der Waals surface area contributed by atoms with Gasteiger partial charge in [0.1, 0.15) is 17.0 Å². The van der Waals surface area contributed by atoms with Gasteiger partial charge in [-0.1, -0.05) is 11.6 Å². The quantitative estimate of drug-likeness (QED) is 0.745. The molecule has 0 aliphatic carbocycles. The van der Waals surface area contributed by atoms with Gasteiger partial charge >= 0.3 is 0 Å². The largest absolute Gasteiger partial charge is 0.362 e. The fraction of sp³-hybridized carbons (Fsp3) is 0.154. The van der Waals surface area contributed by atoms with Gasteiger partial charge in [-0.3, -0.25) is 0 Å². The molecule has 3 aromatic rings. The van der Waals surface area contributed by atoms with Crippen LogP contribution in [-0.2, 0) is 6.54 Å². The van der Waals surface area contributed by atoms with Gasteiger partial charge in [0.15, 0.2) is 5.82 Å². The van der Waals surface area contributed by atoms with E-state index >= 15 is 0 Å². The second-order valence-corrected chi connectivity index (χ2v) is 4.63. The predicted octanol–water partition coefficient (Wildman–Crippen LogP) is 2.39. The fourth-order valence-electron chi connectivity index (χ4n) is 1.74. The Morgan fingerprint density at radius 1 is 1.10 bits per heavy atom. The first-order chi connectivity index (χ1) is 9.72. The normalized spacial score (nSPS) is 10.7. The monoisotopic (exact) mass is 286 g/mol. The molecular formula is C13H11ClN6. The van der Waals surface area contributed by atoms with Crippen LogP contribution in [0.25, 0.3) is 11.0 Å². The van der Waals surface area contributed by atoms with Crippen LogP contribution in [0.5, 0.6) is 0 Å². The number of hydrogen-bond acceptors (Lipinski definition) is 6. The highest BCUT2D eigenvalue weighted by Crippen LogP contribution is 2.19. The van der Waals surface area contributed by atoms with Gasteiger partial charge in [0.2, 0.25) is 0 Å². The highest BCUT2D eigenvalue weighted by molar-refractivity contribution is 6.29. The van der Waals surface area contributed by atoms with Crippen molar-refractivity contribution in [2.24, 2.45) is 0 Å². The van der Waals surface area contributed by atoms with E-state index in [2.05, 4.69) is 30.5 Å². The third-order valence-corrected chi connectivity index (χ3v) is 2.95. The number of fused-ring (bicyclic) bond motifs is 1. The Labute approximate surface area is 120 Å². The molecule has 1 N–H and O–H groups in total. The number of anilines is 1. The number of rotatable bonds is 3. The molecule has 20 heavy (non-hydrogen) atoms. The maximum atomic E-state index is 5.91. The van der Waals surface area contributed by atoms with E-state index < -0.39 is 0 Å². The molecule has 3 aromatic heterocycles. The van der Waals surface area contributed by atoms with Crippen molar-refractivity contribution in [1.82, 2.24) is 25.1 Å². The number of pyridine rings is 1. The van der Waals surface area contributed by atoms with Crippen molar-refractivity contribution in [1.29, 1.82) is 0 Å². The van der Waals surface area contributed by atoms with E-state index in [1.165, 1.54) is 6.33 Å². The molecule has 3 rings (SSSR count). The number of aryl methyl sites for hydroxylation is 1. The highest BCUT2D eigenvalue weighted by atomic mass is 35.5. The number of nitrogens with zero attached hydrogens (tertiary/aromatic N) is 5. The molecule has 0 fully saturated rings. The van der Waals surface area contributed by atoms with Crippen LogP contribution in [0.3, 0.4) is 0 Å². The molecule has 6 nitrogen and oxygen atoms in total. The maximum Gasteiger partial charge on any atom is 0.156 e. The number of halogens is 1. The summed E-state index contributed by atoms with van der Waals surface area (Å²) in [6, 6.07) is 7.34. The van der Waals surface area contributed by atoms with E-state index in [-0.39, 0.29) is 0 Å². The van der Waals surface area contributed by atoms with E-state index in [0.29, 0.717) is 23.0 Å². The predicted molar refractivity (Wildman–Crippen MR) is 76.4 cm³/mol. The minimum absolute atomic E-state index is 0.408. The Morgan fingerprint density at radius 2 is 2.00 bits per heavy atom. The molecule has 3 heterocycles. The SMILES string of the molecule is Cc1ccc(CNc2ncnc3ccc(Cl)nc23)nn1. The number of hydrogen-bond donors (Lipinski definition) is 1. The van der Waals surface area contributed by atoms with Crippen LogP contribution in [-0.4, -0.2) is 25.1 Å². The van der Waals surface area contributed by atoms with Crippen LogP contribution in [0.4, 0.5) is 5.82 Å². The van der Waals surface area contributed by atoms with Crippen molar-refractivity contribution in [3.8, 4) is 0 Å². The van der Waals surface area contributed by atoms with Gasteiger partial charge in [-0.05, 0) is 31.2 Å². The molecule has 0 aliphatic heterocycles. The van der Waals surface area contributed by atoms with Crippen molar-refractivity contribution in [2.75, 3.05) is 5.32 Å². The second kappa shape index (κ2) is 5.34. The summed E-state index contributed by atoms with van der Waals surface area (Å²) in [6.45, 7) is 2.40. The van der Waals surface area contributed by atoms with Crippen LogP contribution < -0.4 is 5.32 Å². The lowest BCUT2D eigenvalue weighted by Gasteiger charge is -2.07. The van der Waals surface area contributed by atoms with E-state index in [1.807, 2.05) is 25.1 Å². The summed E-state index contributed by atoms with van der Waals surface area (Å²) in [4.78, 5) is 12.6. The van der Waals surface area contributed by atoms with Gasteiger partial charge in [0, 0.05) is 0 Å². The zero-order valence-electron chi connectivity index (χ0n) is 10.7. The average molecular weight is 287 g/mol. The van der Waals surface area contributed by atoms with E-state index in [4.69, 9.17) is 11.6 Å². The van der Waals surface area contributed by atoms with Crippen molar-refractivity contribution in [3.05, 3.63) is 47.1 Å². The summed E-state index contributed by atoms with van der Waals surface area (Å²) in [5, 5.41) is 11.7. The molecule has 0 aromatic carbocycles. The third kappa shape index (κ3) is 2.65.